The van der Waals surface area contributed by atoms with E-state index < -0.39 is 0 Å². The first-order chi connectivity index (χ1) is 8.60. The summed E-state index contributed by atoms with van der Waals surface area (Å²) >= 11 is 0. The van der Waals surface area contributed by atoms with Crippen LogP contribution in [0.15, 0.2) is 42.5 Å². The van der Waals surface area contributed by atoms with Crippen LogP contribution in [0.4, 0.5) is 0 Å². The first kappa shape index (κ1) is 12.4. The van der Waals surface area contributed by atoms with Crippen LogP contribution >= 0.6 is 0 Å². The minimum atomic E-state index is 0.0716. The minimum Gasteiger partial charge on any atom is -0.497 e. The van der Waals surface area contributed by atoms with Gasteiger partial charge < -0.3 is 4.74 Å². The maximum atomic E-state index is 11.1. The van der Waals surface area contributed by atoms with Crippen LogP contribution in [0.3, 0.4) is 0 Å². The molecule has 0 N–H and O–H groups in total. The lowest BCUT2D eigenvalue weighted by molar-refractivity contribution is -0.112. The average molecular weight is 240 g/mol. The first-order valence-electron chi connectivity index (χ1n) is 5.87. The number of carbonyl (C=O) groups is 1. The van der Waals surface area contributed by atoms with E-state index in [4.69, 9.17) is 4.74 Å². The highest BCUT2D eigenvalue weighted by atomic mass is 16.5. The van der Waals surface area contributed by atoms with Gasteiger partial charge in [0.05, 0.1) is 7.11 Å². The highest BCUT2D eigenvalue weighted by Crippen LogP contribution is 2.24. The number of rotatable bonds is 3. The lowest BCUT2D eigenvalue weighted by Crippen LogP contribution is -1.87. The van der Waals surface area contributed by atoms with Gasteiger partial charge in [0, 0.05) is 0 Å². The van der Waals surface area contributed by atoms with Gasteiger partial charge in [-0.2, -0.15) is 0 Å². The second kappa shape index (κ2) is 5.05. The molecule has 0 unspecified atom stereocenters. The van der Waals surface area contributed by atoms with Crippen molar-refractivity contribution in [1.29, 1.82) is 0 Å². The van der Waals surface area contributed by atoms with Crippen LogP contribution in [0.25, 0.3) is 16.3 Å². The van der Waals surface area contributed by atoms with Gasteiger partial charge in [0.1, 0.15) is 5.75 Å². The monoisotopic (exact) mass is 240 g/mol. The third-order valence-electron chi connectivity index (χ3n) is 2.92. The molecule has 0 aliphatic rings. The largest absolute Gasteiger partial charge is 0.497 e. The van der Waals surface area contributed by atoms with E-state index in [0.29, 0.717) is 0 Å². The fraction of sp³-hybridized carbons (Fsp3) is 0.188. The Labute approximate surface area is 107 Å². The quantitative estimate of drug-likeness (QED) is 0.762. The van der Waals surface area contributed by atoms with Gasteiger partial charge in [0.2, 0.25) is 0 Å². The molecule has 0 aromatic heterocycles. The fourth-order valence-electron chi connectivity index (χ4n) is 1.98. The van der Waals surface area contributed by atoms with Crippen molar-refractivity contribution in [3.8, 4) is 5.75 Å². The van der Waals surface area contributed by atoms with Crippen LogP contribution in [0.5, 0.6) is 5.75 Å². The number of benzene rings is 2. The first-order valence-corrected chi connectivity index (χ1v) is 5.87. The summed E-state index contributed by atoms with van der Waals surface area (Å²) < 4.78 is 5.20. The number of allylic oxidation sites excluding steroid dienone is 2. The summed E-state index contributed by atoms with van der Waals surface area (Å²) in [5.41, 5.74) is 2.06. The predicted molar refractivity (Wildman–Crippen MR) is 74.8 cm³/mol. The van der Waals surface area contributed by atoms with E-state index in [1.807, 2.05) is 37.3 Å². The summed E-state index contributed by atoms with van der Waals surface area (Å²) in [6, 6.07) is 12.1. The highest BCUT2D eigenvalue weighted by molar-refractivity contribution is 5.96. The van der Waals surface area contributed by atoms with Crippen molar-refractivity contribution < 1.29 is 9.53 Å². The standard InChI is InChI=1S/C16H16O2/c1-11(8-12(2)17)13-4-5-15-10-16(18-3)7-6-14(15)9-13/h4-10H,1-3H3. The lowest BCUT2D eigenvalue weighted by atomic mass is 10.0. The zero-order valence-electron chi connectivity index (χ0n) is 10.9. The Bertz CT molecular complexity index is 624. The van der Waals surface area contributed by atoms with E-state index in [1.54, 1.807) is 20.1 Å². The predicted octanol–water partition coefficient (Wildman–Crippen LogP) is 3.84. The molecule has 0 amide bonds. The van der Waals surface area contributed by atoms with Crippen molar-refractivity contribution in [1.82, 2.24) is 0 Å². The van der Waals surface area contributed by atoms with E-state index in [0.717, 1.165) is 27.7 Å². The maximum absolute atomic E-state index is 11.1. The summed E-state index contributed by atoms with van der Waals surface area (Å²) in [7, 11) is 1.66. The number of carbonyl (C=O) groups excluding carboxylic acids is 1. The van der Waals surface area contributed by atoms with Gasteiger partial charge >= 0.3 is 0 Å². The SMILES string of the molecule is COc1ccc2cc(C(C)=CC(C)=O)ccc2c1. The molecule has 0 saturated heterocycles. The van der Waals surface area contributed by atoms with Gasteiger partial charge in [0.15, 0.2) is 5.78 Å². The van der Waals surface area contributed by atoms with Crippen LogP contribution in [0.2, 0.25) is 0 Å². The molecule has 92 valence electrons. The van der Waals surface area contributed by atoms with E-state index in [1.165, 1.54) is 0 Å². The van der Waals surface area contributed by atoms with Crippen LogP contribution in [-0.2, 0) is 4.79 Å². The average Bonchev–Trinajstić information content (AvgIpc) is 2.36. The van der Waals surface area contributed by atoms with Gasteiger partial charge in [-0.15, -0.1) is 0 Å². The van der Waals surface area contributed by atoms with Crippen LogP contribution in [0.1, 0.15) is 19.4 Å². The minimum absolute atomic E-state index is 0.0716. The Balaban J connectivity index is 2.48. The molecule has 0 bridgehead atoms. The molecule has 0 atom stereocenters. The van der Waals surface area contributed by atoms with Gasteiger partial charge in [-0.3, -0.25) is 4.79 Å². The summed E-state index contributed by atoms with van der Waals surface area (Å²) in [6.07, 6.45) is 1.66. The van der Waals surface area contributed by atoms with Crippen molar-refractivity contribution >= 4 is 22.1 Å². The molecule has 0 radical (unpaired) electrons. The summed E-state index contributed by atoms with van der Waals surface area (Å²) in [4.78, 5) is 11.1. The van der Waals surface area contributed by atoms with Crippen LogP contribution in [-0.4, -0.2) is 12.9 Å². The zero-order valence-corrected chi connectivity index (χ0v) is 10.9. The lowest BCUT2D eigenvalue weighted by Gasteiger charge is -2.06. The third-order valence-corrected chi connectivity index (χ3v) is 2.92. The molecule has 2 rings (SSSR count). The molecule has 0 aliphatic heterocycles. The Morgan fingerprint density at radius 2 is 1.72 bits per heavy atom. The number of hydrogen-bond acceptors (Lipinski definition) is 2. The zero-order chi connectivity index (χ0) is 13.1. The van der Waals surface area contributed by atoms with Gasteiger partial charge in [0.25, 0.3) is 0 Å². The molecule has 2 aromatic rings. The van der Waals surface area contributed by atoms with E-state index in [2.05, 4.69) is 6.07 Å². The molecular weight excluding hydrogens is 224 g/mol. The Kier molecular flexibility index (Phi) is 3.47. The maximum Gasteiger partial charge on any atom is 0.152 e. The number of ether oxygens (including phenoxy) is 1. The molecule has 2 heteroatoms. The summed E-state index contributed by atoms with van der Waals surface area (Å²) in [6.45, 7) is 3.52. The van der Waals surface area contributed by atoms with Gasteiger partial charge in [-0.05, 0) is 60.0 Å². The topological polar surface area (TPSA) is 26.3 Å². The summed E-state index contributed by atoms with van der Waals surface area (Å²) in [5.74, 6) is 0.925. The van der Waals surface area contributed by atoms with Gasteiger partial charge in [-0.1, -0.05) is 18.2 Å². The van der Waals surface area contributed by atoms with Gasteiger partial charge in [-0.25, -0.2) is 0 Å². The van der Waals surface area contributed by atoms with Crippen molar-refractivity contribution in [2.24, 2.45) is 0 Å². The van der Waals surface area contributed by atoms with Crippen molar-refractivity contribution in [3.63, 3.8) is 0 Å². The number of hydrogen-bond donors (Lipinski definition) is 0. The molecule has 0 fully saturated rings. The van der Waals surface area contributed by atoms with Crippen molar-refractivity contribution in [2.45, 2.75) is 13.8 Å². The molecule has 18 heavy (non-hydrogen) atoms. The second-order valence-corrected chi connectivity index (χ2v) is 4.37. The number of fused-ring (bicyclic) bond motifs is 1. The van der Waals surface area contributed by atoms with Crippen molar-refractivity contribution in [3.05, 3.63) is 48.0 Å². The highest BCUT2D eigenvalue weighted by Gasteiger charge is 2.01. The molecule has 0 saturated carbocycles. The Morgan fingerprint density at radius 1 is 1.06 bits per heavy atom. The molecule has 2 aromatic carbocycles. The Hall–Kier alpha value is -2.09. The molecular formula is C16H16O2. The molecule has 0 spiro atoms. The molecule has 2 nitrogen and oxygen atoms in total. The number of ketones is 1. The normalized spacial score (nSPS) is 11.6. The molecule has 0 heterocycles. The third kappa shape index (κ3) is 2.59. The summed E-state index contributed by atoms with van der Waals surface area (Å²) in [5, 5.41) is 2.28. The molecule has 0 aliphatic carbocycles. The Morgan fingerprint density at radius 3 is 2.39 bits per heavy atom. The smallest absolute Gasteiger partial charge is 0.152 e. The van der Waals surface area contributed by atoms with Crippen LogP contribution in [0, 0.1) is 0 Å². The second-order valence-electron chi connectivity index (χ2n) is 4.37. The van der Waals surface area contributed by atoms with Crippen LogP contribution < -0.4 is 4.74 Å². The fourth-order valence-corrected chi connectivity index (χ4v) is 1.98. The van der Waals surface area contributed by atoms with E-state index >= 15 is 0 Å². The number of methoxy groups -OCH3 is 1. The van der Waals surface area contributed by atoms with E-state index in [-0.39, 0.29) is 5.78 Å². The van der Waals surface area contributed by atoms with Crippen molar-refractivity contribution in [2.75, 3.05) is 7.11 Å². The van der Waals surface area contributed by atoms with E-state index in [9.17, 15) is 4.79 Å².